The minimum atomic E-state index is 0.665. The minimum Gasteiger partial charge on any atom is -0.407 e. The van der Waals surface area contributed by atoms with Crippen LogP contribution < -0.4 is 10.2 Å². The van der Waals surface area contributed by atoms with Gasteiger partial charge in [-0.15, -0.1) is 5.10 Å². The van der Waals surface area contributed by atoms with Crippen molar-refractivity contribution >= 4 is 6.01 Å². The van der Waals surface area contributed by atoms with Gasteiger partial charge in [0.1, 0.15) is 0 Å². The third-order valence-electron chi connectivity index (χ3n) is 4.16. The molecule has 2 aliphatic rings. The summed E-state index contributed by atoms with van der Waals surface area (Å²) in [5.74, 6) is 1.50. The van der Waals surface area contributed by atoms with Crippen LogP contribution in [0.5, 0.6) is 0 Å². The van der Waals surface area contributed by atoms with Crippen LogP contribution in [-0.4, -0.2) is 29.8 Å². The molecular formula is C14H24N4O. The van der Waals surface area contributed by atoms with Gasteiger partial charge in [-0.05, 0) is 31.6 Å². The maximum Gasteiger partial charge on any atom is 0.317 e. The second-order valence-electron chi connectivity index (χ2n) is 6.02. The van der Waals surface area contributed by atoms with Gasteiger partial charge in [-0.2, -0.15) is 0 Å². The summed E-state index contributed by atoms with van der Waals surface area (Å²) < 4.78 is 5.71. The Labute approximate surface area is 114 Å². The van der Waals surface area contributed by atoms with E-state index in [2.05, 4.69) is 27.5 Å². The topological polar surface area (TPSA) is 54.2 Å². The number of nitrogens with one attached hydrogen (secondary N) is 1. The summed E-state index contributed by atoms with van der Waals surface area (Å²) in [7, 11) is 2.06. The van der Waals surface area contributed by atoms with Crippen LogP contribution in [-0.2, 0) is 6.54 Å². The molecule has 2 fully saturated rings. The molecule has 0 aromatic carbocycles. The molecule has 0 unspecified atom stereocenters. The van der Waals surface area contributed by atoms with Crippen LogP contribution in [0, 0.1) is 5.92 Å². The molecular weight excluding hydrogens is 240 g/mol. The Bertz CT molecular complexity index is 396. The first-order valence-electron chi connectivity index (χ1n) is 7.58. The van der Waals surface area contributed by atoms with Crippen LogP contribution in [0.4, 0.5) is 6.01 Å². The molecule has 1 heterocycles. The van der Waals surface area contributed by atoms with Crippen molar-refractivity contribution in [3.8, 4) is 0 Å². The van der Waals surface area contributed by atoms with Crippen LogP contribution in [0.25, 0.3) is 0 Å². The van der Waals surface area contributed by atoms with E-state index in [1.165, 1.54) is 44.9 Å². The molecule has 2 aliphatic carbocycles. The van der Waals surface area contributed by atoms with Crippen molar-refractivity contribution in [3.63, 3.8) is 0 Å². The van der Waals surface area contributed by atoms with Gasteiger partial charge < -0.3 is 14.6 Å². The zero-order chi connectivity index (χ0) is 13.1. The summed E-state index contributed by atoms with van der Waals surface area (Å²) in [5.41, 5.74) is 0. The maximum absolute atomic E-state index is 5.71. The maximum atomic E-state index is 5.71. The molecule has 0 spiro atoms. The highest BCUT2D eigenvalue weighted by Gasteiger charge is 2.22. The van der Waals surface area contributed by atoms with Crippen LogP contribution in [0.2, 0.25) is 0 Å². The van der Waals surface area contributed by atoms with Gasteiger partial charge in [0, 0.05) is 19.6 Å². The molecule has 2 saturated carbocycles. The molecule has 0 bridgehead atoms. The third-order valence-corrected chi connectivity index (χ3v) is 4.16. The van der Waals surface area contributed by atoms with Crippen LogP contribution in [0.15, 0.2) is 4.42 Å². The van der Waals surface area contributed by atoms with Crippen LogP contribution in [0.1, 0.15) is 50.8 Å². The number of nitrogens with zero attached hydrogens (tertiary/aromatic N) is 3. The van der Waals surface area contributed by atoms with Crippen molar-refractivity contribution in [2.45, 2.75) is 57.5 Å². The van der Waals surface area contributed by atoms with Crippen molar-refractivity contribution in [1.82, 2.24) is 15.5 Å². The molecule has 0 atom stereocenters. The van der Waals surface area contributed by atoms with E-state index in [0.29, 0.717) is 24.5 Å². The van der Waals surface area contributed by atoms with Crippen molar-refractivity contribution < 1.29 is 4.42 Å². The number of hydrogen-bond acceptors (Lipinski definition) is 5. The Balaban J connectivity index is 1.48. The molecule has 0 aliphatic heterocycles. The molecule has 1 aromatic heterocycles. The van der Waals surface area contributed by atoms with Gasteiger partial charge in [-0.3, -0.25) is 0 Å². The summed E-state index contributed by atoms with van der Waals surface area (Å²) in [6.45, 7) is 1.74. The first-order valence-corrected chi connectivity index (χ1v) is 7.58. The lowest BCUT2D eigenvalue weighted by atomic mass is 9.89. The van der Waals surface area contributed by atoms with E-state index in [0.717, 1.165) is 12.5 Å². The molecule has 0 amide bonds. The summed E-state index contributed by atoms with van der Waals surface area (Å²) in [5, 5.41) is 11.7. The molecule has 19 heavy (non-hydrogen) atoms. The quantitative estimate of drug-likeness (QED) is 0.854. The Morgan fingerprint density at radius 2 is 1.95 bits per heavy atom. The molecule has 0 radical (unpaired) electrons. The third kappa shape index (κ3) is 3.69. The Hall–Kier alpha value is -1.10. The van der Waals surface area contributed by atoms with Gasteiger partial charge in [0.2, 0.25) is 5.89 Å². The Kier molecular flexibility index (Phi) is 4.01. The zero-order valence-corrected chi connectivity index (χ0v) is 11.8. The molecule has 3 rings (SSSR count). The Morgan fingerprint density at radius 3 is 2.68 bits per heavy atom. The minimum absolute atomic E-state index is 0.665. The molecule has 1 N–H and O–H groups in total. The second kappa shape index (κ2) is 5.90. The summed E-state index contributed by atoms with van der Waals surface area (Å²) in [4.78, 5) is 2.11. The first kappa shape index (κ1) is 12.9. The number of anilines is 1. The van der Waals surface area contributed by atoms with Gasteiger partial charge in [0.15, 0.2) is 0 Å². The highest BCUT2D eigenvalue weighted by Crippen LogP contribution is 2.25. The van der Waals surface area contributed by atoms with E-state index in [4.69, 9.17) is 4.42 Å². The second-order valence-corrected chi connectivity index (χ2v) is 6.02. The molecule has 5 heteroatoms. The fourth-order valence-corrected chi connectivity index (χ4v) is 2.82. The van der Waals surface area contributed by atoms with Gasteiger partial charge in [-0.1, -0.05) is 24.4 Å². The molecule has 5 nitrogen and oxygen atoms in total. The summed E-state index contributed by atoms with van der Waals surface area (Å²) in [6, 6.07) is 1.34. The Morgan fingerprint density at radius 1 is 1.16 bits per heavy atom. The monoisotopic (exact) mass is 264 g/mol. The van der Waals surface area contributed by atoms with Crippen molar-refractivity contribution in [2.24, 2.45) is 5.92 Å². The highest BCUT2D eigenvalue weighted by molar-refractivity contribution is 5.22. The van der Waals surface area contributed by atoms with Gasteiger partial charge in [-0.25, -0.2) is 0 Å². The highest BCUT2D eigenvalue weighted by atomic mass is 16.4. The fourth-order valence-electron chi connectivity index (χ4n) is 2.82. The first-order chi connectivity index (χ1) is 9.31. The zero-order valence-electron chi connectivity index (χ0n) is 11.8. The number of hydrogen-bond donors (Lipinski definition) is 1. The smallest absolute Gasteiger partial charge is 0.317 e. The molecule has 0 saturated heterocycles. The van der Waals surface area contributed by atoms with Gasteiger partial charge in [0.05, 0.1) is 6.54 Å². The van der Waals surface area contributed by atoms with Crippen molar-refractivity contribution in [3.05, 3.63) is 5.89 Å². The van der Waals surface area contributed by atoms with E-state index in [-0.39, 0.29) is 0 Å². The number of rotatable bonds is 6. The predicted octanol–water partition coefficient (Wildman–Crippen LogP) is 2.34. The lowest BCUT2D eigenvalue weighted by molar-refractivity contribution is 0.354. The predicted molar refractivity (Wildman–Crippen MR) is 74.0 cm³/mol. The standard InChI is InChI=1S/C14H24N4O/c1-18(10-11-5-3-2-4-6-11)14-17-16-13(19-14)9-15-12-7-8-12/h11-12,15H,2-10H2,1H3. The largest absolute Gasteiger partial charge is 0.407 e. The van der Waals surface area contributed by atoms with E-state index in [1.54, 1.807) is 0 Å². The van der Waals surface area contributed by atoms with Crippen LogP contribution in [0.3, 0.4) is 0 Å². The average molecular weight is 264 g/mol. The van der Waals surface area contributed by atoms with Crippen molar-refractivity contribution in [2.75, 3.05) is 18.5 Å². The SMILES string of the molecule is CN(CC1CCCCC1)c1nnc(CNC2CC2)o1. The van der Waals surface area contributed by atoms with E-state index < -0.39 is 0 Å². The lowest BCUT2D eigenvalue weighted by Gasteiger charge is -2.25. The van der Waals surface area contributed by atoms with Crippen molar-refractivity contribution in [1.29, 1.82) is 0 Å². The fraction of sp³-hybridized carbons (Fsp3) is 0.857. The molecule has 1 aromatic rings. The lowest BCUT2D eigenvalue weighted by Crippen LogP contribution is -2.27. The van der Waals surface area contributed by atoms with E-state index in [1.807, 2.05) is 0 Å². The number of aromatic nitrogens is 2. The summed E-state index contributed by atoms with van der Waals surface area (Å²) >= 11 is 0. The van der Waals surface area contributed by atoms with Gasteiger partial charge in [0.25, 0.3) is 0 Å². The molecule has 106 valence electrons. The average Bonchev–Trinajstić information content (AvgIpc) is 3.14. The van der Waals surface area contributed by atoms with E-state index in [9.17, 15) is 0 Å². The summed E-state index contributed by atoms with van der Waals surface area (Å²) in [6.07, 6.45) is 9.39. The normalized spacial score (nSPS) is 20.7. The van der Waals surface area contributed by atoms with E-state index >= 15 is 0 Å². The van der Waals surface area contributed by atoms with Gasteiger partial charge >= 0.3 is 6.01 Å². The van der Waals surface area contributed by atoms with Crippen LogP contribution >= 0.6 is 0 Å².